The van der Waals surface area contributed by atoms with E-state index in [0.29, 0.717) is 30.3 Å². The van der Waals surface area contributed by atoms with Crippen LogP contribution in [0.25, 0.3) is 11.1 Å². The van der Waals surface area contributed by atoms with E-state index in [2.05, 4.69) is 15.1 Å². The Balaban J connectivity index is 1.67. The fourth-order valence-corrected chi connectivity index (χ4v) is 3.88. The highest BCUT2D eigenvalue weighted by Crippen LogP contribution is 2.35. The molecule has 2 aromatic heterocycles. The van der Waals surface area contributed by atoms with Crippen LogP contribution in [-0.2, 0) is 11.3 Å². The number of aromatic nitrogens is 4. The predicted molar refractivity (Wildman–Crippen MR) is 112 cm³/mol. The Labute approximate surface area is 179 Å². The monoisotopic (exact) mass is 426 g/mol. The van der Waals surface area contributed by atoms with Gasteiger partial charge in [-0.1, -0.05) is 0 Å². The Kier molecular flexibility index (Phi) is 5.92. The van der Waals surface area contributed by atoms with E-state index in [1.54, 1.807) is 39.1 Å². The molecule has 0 bridgehead atoms. The van der Waals surface area contributed by atoms with Crippen molar-refractivity contribution in [3.63, 3.8) is 0 Å². The second-order valence-electron chi connectivity index (χ2n) is 7.87. The third kappa shape index (κ3) is 4.55. The number of amides is 1. The number of nitrogens with zero attached hydrogens (tertiary/aromatic N) is 6. The SMILES string of the molecule is CN(C)c1ncc(-c2cc(F)ccc2F)c(C2CCCN(C(=O)Cn3cccn3)C2)n1. The van der Waals surface area contributed by atoms with Gasteiger partial charge in [0.15, 0.2) is 0 Å². The zero-order valence-electron chi connectivity index (χ0n) is 17.5. The molecule has 0 N–H and O–H groups in total. The van der Waals surface area contributed by atoms with Crippen LogP contribution < -0.4 is 4.90 Å². The number of carbonyl (C=O) groups excluding carboxylic acids is 1. The molecule has 1 aliphatic heterocycles. The number of hydrogen-bond donors (Lipinski definition) is 0. The molecule has 4 rings (SSSR count). The van der Waals surface area contributed by atoms with Crippen molar-refractivity contribution >= 4 is 11.9 Å². The minimum Gasteiger partial charge on any atom is -0.347 e. The topological polar surface area (TPSA) is 67.2 Å². The first kappa shape index (κ1) is 20.9. The molecule has 9 heteroatoms. The van der Waals surface area contributed by atoms with Crippen molar-refractivity contribution in [2.24, 2.45) is 0 Å². The van der Waals surface area contributed by atoms with Crippen molar-refractivity contribution in [2.45, 2.75) is 25.3 Å². The Hall–Kier alpha value is -3.36. The van der Waals surface area contributed by atoms with Crippen molar-refractivity contribution in [3.8, 4) is 11.1 Å². The van der Waals surface area contributed by atoms with Gasteiger partial charge in [-0.15, -0.1) is 0 Å². The van der Waals surface area contributed by atoms with Crippen LogP contribution in [0, 0.1) is 11.6 Å². The van der Waals surface area contributed by atoms with E-state index >= 15 is 0 Å². The predicted octanol–water partition coefficient (Wildman–Crippen LogP) is 3.09. The van der Waals surface area contributed by atoms with Crippen molar-refractivity contribution in [2.75, 3.05) is 32.1 Å². The maximum Gasteiger partial charge on any atom is 0.244 e. The molecule has 3 heterocycles. The molecule has 162 valence electrons. The van der Waals surface area contributed by atoms with E-state index in [-0.39, 0.29) is 23.9 Å². The summed E-state index contributed by atoms with van der Waals surface area (Å²) in [5.74, 6) is -0.732. The molecule has 0 saturated carbocycles. The first-order valence-electron chi connectivity index (χ1n) is 10.2. The van der Waals surface area contributed by atoms with E-state index in [4.69, 9.17) is 0 Å². The van der Waals surface area contributed by atoms with E-state index in [9.17, 15) is 13.6 Å². The number of anilines is 1. The average molecular weight is 426 g/mol. The number of carbonyl (C=O) groups is 1. The summed E-state index contributed by atoms with van der Waals surface area (Å²) in [5, 5.41) is 4.10. The quantitative estimate of drug-likeness (QED) is 0.627. The lowest BCUT2D eigenvalue weighted by Gasteiger charge is -2.33. The van der Waals surface area contributed by atoms with Crippen LogP contribution in [-0.4, -0.2) is 57.7 Å². The molecule has 1 fully saturated rings. The largest absolute Gasteiger partial charge is 0.347 e. The summed E-state index contributed by atoms with van der Waals surface area (Å²) in [6.07, 6.45) is 6.51. The van der Waals surface area contributed by atoms with Crippen molar-refractivity contribution in [1.82, 2.24) is 24.6 Å². The third-order valence-electron chi connectivity index (χ3n) is 5.44. The lowest BCUT2D eigenvalue weighted by Crippen LogP contribution is -2.41. The molecular formula is C22H24F2N6O. The average Bonchev–Trinajstić information content (AvgIpc) is 3.28. The molecular weight excluding hydrogens is 402 g/mol. The van der Waals surface area contributed by atoms with E-state index in [1.807, 2.05) is 14.1 Å². The Morgan fingerprint density at radius 3 is 2.84 bits per heavy atom. The van der Waals surface area contributed by atoms with Gasteiger partial charge in [0.25, 0.3) is 0 Å². The minimum absolute atomic E-state index is 0.0335. The van der Waals surface area contributed by atoms with Crippen LogP contribution in [0.1, 0.15) is 24.5 Å². The maximum absolute atomic E-state index is 14.6. The highest BCUT2D eigenvalue weighted by molar-refractivity contribution is 5.76. The van der Waals surface area contributed by atoms with Crippen molar-refractivity contribution in [3.05, 3.63) is 60.2 Å². The van der Waals surface area contributed by atoms with Crippen molar-refractivity contribution in [1.29, 1.82) is 0 Å². The van der Waals surface area contributed by atoms with Gasteiger partial charge in [-0.3, -0.25) is 9.48 Å². The van der Waals surface area contributed by atoms with Crippen LogP contribution in [0.3, 0.4) is 0 Å². The number of piperidine rings is 1. The summed E-state index contributed by atoms with van der Waals surface area (Å²) < 4.78 is 30.0. The van der Waals surface area contributed by atoms with Gasteiger partial charge in [0.05, 0.1) is 5.69 Å². The zero-order chi connectivity index (χ0) is 22.0. The van der Waals surface area contributed by atoms with Crippen LogP contribution in [0.5, 0.6) is 0 Å². The molecule has 1 unspecified atom stereocenters. The van der Waals surface area contributed by atoms with Crippen LogP contribution in [0.15, 0.2) is 42.9 Å². The second-order valence-corrected chi connectivity index (χ2v) is 7.87. The third-order valence-corrected chi connectivity index (χ3v) is 5.44. The summed E-state index contributed by atoms with van der Waals surface area (Å²) in [7, 11) is 3.64. The minimum atomic E-state index is -0.536. The van der Waals surface area contributed by atoms with Gasteiger partial charge in [-0.2, -0.15) is 5.10 Å². The molecule has 1 amide bonds. The van der Waals surface area contributed by atoms with E-state index < -0.39 is 11.6 Å². The molecule has 0 spiro atoms. The summed E-state index contributed by atoms with van der Waals surface area (Å²) >= 11 is 0. The number of benzene rings is 1. The number of rotatable bonds is 5. The maximum atomic E-state index is 14.6. The van der Waals surface area contributed by atoms with Gasteiger partial charge < -0.3 is 9.80 Å². The standard InChI is InChI=1S/C22H24F2N6O/c1-28(2)22-25-12-18(17-11-16(23)6-7-19(17)24)21(27-22)15-5-3-9-29(13-15)20(31)14-30-10-4-8-26-30/h4,6-8,10-12,15H,3,5,9,13-14H2,1-2H3. The van der Waals surface area contributed by atoms with Gasteiger partial charge in [0.1, 0.15) is 18.2 Å². The summed E-state index contributed by atoms with van der Waals surface area (Å²) in [6.45, 7) is 1.26. The molecule has 7 nitrogen and oxygen atoms in total. The lowest BCUT2D eigenvalue weighted by molar-refractivity contribution is -0.133. The van der Waals surface area contributed by atoms with Gasteiger partial charge in [0, 0.05) is 62.8 Å². The molecule has 1 aliphatic rings. The number of hydrogen-bond acceptors (Lipinski definition) is 5. The van der Waals surface area contributed by atoms with Gasteiger partial charge in [0.2, 0.25) is 11.9 Å². The normalized spacial score (nSPS) is 16.4. The highest BCUT2D eigenvalue weighted by atomic mass is 19.1. The smallest absolute Gasteiger partial charge is 0.244 e. The Morgan fingerprint density at radius 1 is 1.26 bits per heavy atom. The molecule has 0 aliphatic carbocycles. The van der Waals surface area contributed by atoms with Gasteiger partial charge in [-0.25, -0.2) is 18.7 Å². The van der Waals surface area contributed by atoms with Crippen LogP contribution in [0.2, 0.25) is 0 Å². The van der Waals surface area contributed by atoms with Crippen LogP contribution in [0.4, 0.5) is 14.7 Å². The fraction of sp³-hybridized carbons (Fsp3) is 0.364. The van der Waals surface area contributed by atoms with Gasteiger partial charge >= 0.3 is 0 Å². The second kappa shape index (κ2) is 8.79. The van der Waals surface area contributed by atoms with Crippen molar-refractivity contribution < 1.29 is 13.6 Å². The van der Waals surface area contributed by atoms with Gasteiger partial charge in [-0.05, 0) is 37.1 Å². The van der Waals surface area contributed by atoms with Crippen LogP contribution >= 0.6 is 0 Å². The fourth-order valence-electron chi connectivity index (χ4n) is 3.88. The Morgan fingerprint density at radius 2 is 2.10 bits per heavy atom. The molecule has 1 atom stereocenters. The molecule has 1 saturated heterocycles. The molecule has 3 aromatic rings. The summed E-state index contributed by atoms with van der Waals surface area (Å²) in [4.78, 5) is 25.3. The first-order chi connectivity index (χ1) is 14.9. The molecule has 31 heavy (non-hydrogen) atoms. The summed E-state index contributed by atoms with van der Waals surface area (Å²) in [5.41, 5.74) is 1.20. The van der Waals surface area contributed by atoms with E-state index in [1.165, 1.54) is 0 Å². The molecule has 1 aromatic carbocycles. The highest BCUT2D eigenvalue weighted by Gasteiger charge is 2.29. The number of halogens is 2. The molecule has 0 radical (unpaired) electrons. The Bertz CT molecular complexity index is 1070. The first-order valence-corrected chi connectivity index (χ1v) is 10.2. The number of likely N-dealkylation sites (tertiary alicyclic amines) is 1. The lowest BCUT2D eigenvalue weighted by atomic mass is 9.89. The summed E-state index contributed by atoms with van der Waals surface area (Å²) in [6, 6.07) is 5.13. The zero-order valence-corrected chi connectivity index (χ0v) is 17.5. The van der Waals surface area contributed by atoms with E-state index in [0.717, 1.165) is 31.0 Å².